The summed E-state index contributed by atoms with van der Waals surface area (Å²) in [5.74, 6) is 0.690. The van der Waals surface area contributed by atoms with E-state index in [9.17, 15) is 0 Å². The molecule has 1 saturated carbocycles. The second kappa shape index (κ2) is 7.89. The molecule has 1 unspecified atom stereocenters. The Balaban J connectivity index is 1.86. The molecule has 2 aliphatic rings. The average molecular weight is 354 g/mol. The van der Waals surface area contributed by atoms with Gasteiger partial charge in [-0.3, -0.25) is 0 Å². The summed E-state index contributed by atoms with van der Waals surface area (Å²) in [5.41, 5.74) is 5.60. The van der Waals surface area contributed by atoms with Crippen molar-refractivity contribution in [3.63, 3.8) is 0 Å². The van der Waals surface area contributed by atoms with E-state index in [0.717, 1.165) is 6.54 Å². The molecule has 26 heavy (non-hydrogen) atoms. The lowest BCUT2D eigenvalue weighted by Crippen LogP contribution is -2.34. The second-order valence-corrected chi connectivity index (χ2v) is 10.4. The van der Waals surface area contributed by atoms with E-state index in [1.54, 1.807) is 11.1 Å². The van der Waals surface area contributed by atoms with Crippen LogP contribution in [0.3, 0.4) is 0 Å². The van der Waals surface area contributed by atoms with Gasteiger partial charge in [-0.05, 0) is 65.6 Å². The lowest BCUT2D eigenvalue weighted by molar-refractivity contribution is 0.0968. The Kier molecular flexibility index (Phi) is 5.97. The largest absolute Gasteiger partial charge is 0.310 e. The maximum absolute atomic E-state index is 3.70. The molecule has 0 spiro atoms. The highest BCUT2D eigenvalue weighted by Crippen LogP contribution is 2.52. The van der Waals surface area contributed by atoms with Gasteiger partial charge in [-0.2, -0.15) is 0 Å². The van der Waals surface area contributed by atoms with Crippen LogP contribution in [-0.2, 0) is 0 Å². The number of hydrogen-bond donors (Lipinski definition) is 1. The van der Waals surface area contributed by atoms with E-state index in [1.165, 1.54) is 50.5 Å². The van der Waals surface area contributed by atoms with Gasteiger partial charge in [0.15, 0.2) is 0 Å². The molecule has 1 atom stereocenters. The molecule has 3 rings (SSSR count). The minimum absolute atomic E-state index is 0.436. The van der Waals surface area contributed by atoms with Crippen molar-refractivity contribution in [1.29, 1.82) is 0 Å². The van der Waals surface area contributed by atoms with Crippen LogP contribution >= 0.6 is 0 Å². The zero-order chi connectivity index (χ0) is 18.8. The van der Waals surface area contributed by atoms with Gasteiger partial charge in [0.1, 0.15) is 0 Å². The van der Waals surface area contributed by atoms with Crippen LogP contribution in [-0.4, -0.2) is 12.6 Å². The molecule has 0 radical (unpaired) electrons. The maximum atomic E-state index is 3.70. The van der Waals surface area contributed by atoms with Gasteiger partial charge in [-0.25, -0.2) is 0 Å². The van der Waals surface area contributed by atoms with E-state index < -0.39 is 0 Å². The monoisotopic (exact) mass is 353 g/mol. The summed E-state index contributed by atoms with van der Waals surface area (Å²) < 4.78 is 0. The highest BCUT2D eigenvalue weighted by molar-refractivity contribution is 5.70. The van der Waals surface area contributed by atoms with Crippen molar-refractivity contribution in [2.45, 2.75) is 91.5 Å². The van der Waals surface area contributed by atoms with Gasteiger partial charge in [-0.15, -0.1) is 0 Å². The van der Waals surface area contributed by atoms with Crippen molar-refractivity contribution >= 4 is 5.57 Å². The van der Waals surface area contributed by atoms with Crippen LogP contribution in [0, 0.1) is 10.8 Å². The fraction of sp³-hybridized carbons (Fsp3) is 0.680. The van der Waals surface area contributed by atoms with E-state index in [-0.39, 0.29) is 0 Å². The Morgan fingerprint density at radius 2 is 1.73 bits per heavy atom. The molecule has 144 valence electrons. The zero-order valence-electron chi connectivity index (χ0n) is 17.7. The Morgan fingerprint density at radius 1 is 1.04 bits per heavy atom. The molecule has 1 aliphatic heterocycles. The van der Waals surface area contributed by atoms with Crippen molar-refractivity contribution < 1.29 is 0 Å². The molecular weight excluding hydrogens is 314 g/mol. The van der Waals surface area contributed by atoms with Crippen molar-refractivity contribution in [3.05, 3.63) is 41.5 Å². The third-order valence-electron chi connectivity index (χ3n) is 6.43. The fourth-order valence-corrected chi connectivity index (χ4v) is 5.86. The molecule has 1 aromatic rings. The van der Waals surface area contributed by atoms with Crippen LogP contribution in [0.5, 0.6) is 0 Å². The normalized spacial score (nSPS) is 25.7. The van der Waals surface area contributed by atoms with Crippen LogP contribution in [0.25, 0.3) is 5.57 Å². The van der Waals surface area contributed by atoms with Crippen molar-refractivity contribution in [2.24, 2.45) is 10.8 Å². The predicted octanol–water partition coefficient (Wildman–Crippen LogP) is 6.94. The smallest absolute Gasteiger partial charge is 0.0143 e. The van der Waals surface area contributed by atoms with E-state index >= 15 is 0 Å². The highest BCUT2D eigenvalue weighted by atomic mass is 14.9. The second-order valence-electron chi connectivity index (χ2n) is 10.4. The number of nitrogens with one attached hydrogen (secondary N) is 1. The van der Waals surface area contributed by atoms with Gasteiger partial charge in [0, 0.05) is 12.6 Å². The first-order valence-electron chi connectivity index (χ1n) is 10.8. The summed E-state index contributed by atoms with van der Waals surface area (Å²) in [5, 5.41) is 3.70. The first-order valence-corrected chi connectivity index (χ1v) is 10.8. The maximum Gasteiger partial charge on any atom is 0.0143 e. The van der Waals surface area contributed by atoms with E-state index in [2.05, 4.69) is 70.3 Å². The van der Waals surface area contributed by atoms with Crippen molar-refractivity contribution in [3.8, 4) is 0 Å². The number of rotatable bonds is 5. The topological polar surface area (TPSA) is 12.0 Å². The van der Waals surface area contributed by atoms with E-state index in [0.29, 0.717) is 22.8 Å². The van der Waals surface area contributed by atoms with Crippen molar-refractivity contribution in [2.75, 3.05) is 6.54 Å². The molecule has 1 heteroatoms. The quantitative estimate of drug-likeness (QED) is 0.604. The van der Waals surface area contributed by atoms with Crippen LogP contribution in [0.15, 0.2) is 30.3 Å². The Labute approximate surface area is 161 Å². The lowest BCUT2D eigenvalue weighted by atomic mass is 9.59. The highest BCUT2D eigenvalue weighted by Gasteiger charge is 2.39. The summed E-state index contributed by atoms with van der Waals surface area (Å²) in [6.07, 6.45) is 11.5. The minimum atomic E-state index is 0.436. The molecule has 1 fully saturated rings. The van der Waals surface area contributed by atoms with Gasteiger partial charge in [0.25, 0.3) is 0 Å². The Bertz CT molecular complexity index is 621. The number of hydrogen-bond acceptors (Lipinski definition) is 1. The molecule has 1 aromatic carbocycles. The summed E-state index contributed by atoms with van der Waals surface area (Å²) in [6.45, 7) is 13.2. The third-order valence-corrected chi connectivity index (χ3v) is 6.43. The summed E-state index contributed by atoms with van der Waals surface area (Å²) in [4.78, 5) is 0. The molecule has 1 nitrogen and oxygen atoms in total. The lowest BCUT2D eigenvalue weighted by Gasteiger charge is -2.45. The fourth-order valence-electron chi connectivity index (χ4n) is 5.86. The summed E-state index contributed by atoms with van der Waals surface area (Å²) in [6, 6.07) is 9.95. The molecule has 0 saturated heterocycles. The molecule has 0 bridgehead atoms. The van der Waals surface area contributed by atoms with Crippen molar-refractivity contribution in [1.82, 2.24) is 5.32 Å². The van der Waals surface area contributed by atoms with E-state index in [1.807, 2.05) is 0 Å². The standard InChI is InChI=1S/C25H39N/c1-6-7-10-21-15-19(13-14-26-21)22-11-8-9-12-23(22)20-16-24(2,3)18-25(4,5)17-20/h8-9,11-13,20-21,26H,6-7,10,14-18H2,1-5H3. The molecule has 1 aliphatic carbocycles. The van der Waals surface area contributed by atoms with Gasteiger partial charge in [0.05, 0.1) is 0 Å². The van der Waals surface area contributed by atoms with Gasteiger partial charge >= 0.3 is 0 Å². The minimum Gasteiger partial charge on any atom is -0.310 e. The Morgan fingerprint density at radius 3 is 2.42 bits per heavy atom. The van der Waals surface area contributed by atoms with E-state index in [4.69, 9.17) is 0 Å². The Hall–Kier alpha value is -1.08. The zero-order valence-corrected chi connectivity index (χ0v) is 17.7. The van der Waals surface area contributed by atoms with Crippen LogP contribution in [0.1, 0.15) is 96.6 Å². The SMILES string of the molecule is CCCCC1CC(c2ccccc2C2CC(C)(C)CC(C)(C)C2)=CCN1. The molecule has 0 aromatic heterocycles. The third kappa shape index (κ3) is 4.80. The van der Waals surface area contributed by atoms with Gasteiger partial charge < -0.3 is 5.32 Å². The van der Waals surface area contributed by atoms with Crippen LogP contribution in [0.4, 0.5) is 0 Å². The summed E-state index contributed by atoms with van der Waals surface area (Å²) in [7, 11) is 0. The van der Waals surface area contributed by atoms with Gasteiger partial charge in [0.2, 0.25) is 0 Å². The van der Waals surface area contributed by atoms with Crippen LogP contribution < -0.4 is 5.32 Å². The number of benzene rings is 1. The molecule has 1 heterocycles. The molecule has 0 amide bonds. The predicted molar refractivity (Wildman–Crippen MR) is 115 cm³/mol. The first kappa shape index (κ1) is 19.7. The molecule has 1 N–H and O–H groups in total. The molecular formula is C25H39N. The summed E-state index contributed by atoms with van der Waals surface area (Å²) >= 11 is 0. The van der Waals surface area contributed by atoms with Crippen LogP contribution in [0.2, 0.25) is 0 Å². The first-order chi connectivity index (χ1) is 12.3. The average Bonchev–Trinajstić information content (AvgIpc) is 2.57. The van der Waals surface area contributed by atoms with Gasteiger partial charge in [-0.1, -0.05) is 77.8 Å². The number of unbranched alkanes of at least 4 members (excludes halogenated alkanes) is 1.